The van der Waals surface area contributed by atoms with Gasteiger partial charge in [0, 0.05) is 20.6 Å². The standard InChI is InChI=1S/C15H9BrClNO/c1-9-11-4-2-3-5-12(11)15(19)18(9)14-7-6-10(17)8-13(14)16/h2-8H,1H2. The number of benzene rings is 2. The molecule has 94 valence electrons. The lowest BCUT2D eigenvalue weighted by atomic mass is 10.1. The highest BCUT2D eigenvalue weighted by molar-refractivity contribution is 9.10. The van der Waals surface area contributed by atoms with Gasteiger partial charge in [-0.15, -0.1) is 0 Å². The van der Waals surface area contributed by atoms with E-state index in [1.54, 1.807) is 23.1 Å². The van der Waals surface area contributed by atoms with Crippen molar-refractivity contribution in [3.63, 3.8) is 0 Å². The van der Waals surface area contributed by atoms with Crippen LogP contribution in [0.5, 0.6) is 0 Å². The van der Waals surface area contributed by atoms with E-state index in [0.29, 0.717) is 16.3 Å². The molecule has 0 radical (unpaired) electrons. The van der Waals surface area contributed by atoms with E-state index in [1.807, 2.05) is 24.3 Å². The minimum Gasteiger partial charge on any atom is -0.276 e. The highest BCUT2D eigenvalue weighted by Crippen LogP contribution is 2.39. The third-order valence-corrected chi connectivity index (χ3v) is 3.96. The summed E-state index contributed by atoms with van der Waals surface area (Å²) < 4.78 is 0.766. The van der Waals surface area contributed by atoms with Crippen LogP contribution in [0.1, 0.15) is 15.9 Å². The number of fused-ring (bicyclic) bond motifs is 1. The Kier molecular flexibility index (Phi) is 2.96. The summed E-state index contributed by atoms with van der Waals surface area (Å²) in [6.45, 7) is 4.02. The molecule has 0 saturated heterocycles. The first-order valence-corrected chi connectivity index (χ1v) is 6.84. The van der Waals surface area contributed by atoms with Gasteiger partial charge in [0.2, 0.25) is 0 Å². The van der Waals surface area contributed by atoms with E-state index >= 15 is 0 Å². The lowest BCUT2D eigenvalue weighted by Crippen LogP contribution is -2.22. The normalized spacial score (nSPS) is 13.9. The number of carbonyl (C=O) groups is 1. The number of amides is 1. The SMILES string of the molecule is C=C1c2ccccc2C(=O)N1c1ccc(Cl)cc1Br. The number of hydrogen-bond acceptors (Lipinski definition) is 1. The Morgan fingerprint density at radius 3 is 2.42 bits per heavy atom. The lowest BCUT2D eigenvalue weighted by molar-refractivity contribution is 0.101. The second-order valence-electron chi connectivity index (χ2n) is 4.23. The van der Waals surface area contributed by atoms with Crippen LogP contribution in [0.15, 0.2) is 53.5 Å². The summed E-state index contributed by atoms with van der Waals surface area (Å²) in [5.74, 6) is -0.0661. The Morgan fingerprint density at radius 1 is 1.11 bits per heavy atom. The van der Waals surface area contributed by atoms with Crippen LogP contribution in [0.25, 0.3) is 5.70 Å². The van der Waals surface area contributed by atoms with Crippen LogP contribution in [0.3, 0.4) is 0 Å². The molecule has 1 aliphatic heterocycles. The van der Waals surface area contributed by atoms with Crippen LogP contribution in [0.4, 0.5) is 5.69 Å². The van der Waals surface area contributed by atoms with Gasteiger partial charge < -0.3 is 0 Å². The van der Waals surface area contributed by atoms with Crippen molar-refractivity contribution in [2.24, 2.45) is 0 Å². The van der Waals surface area contributed by atoms with Gasteiger partial charge in [0.15, 0.2) is 0 Å². The molecular formula is C15H9BrClNO. The predicted octanol–water partition coefficient (Wildman–Crippen LogP) is 4.73. The van der Waals surface area contributed by atoms with E-state index < -0.39 is 0 Å². The number of halogens is 2. The number of nitrogens with zero attached hydrogens (tertiary/aromatic N) is 1. The Bertz CT molecular complexity index is 676. The van der Waals surface area contributed by atoms with Crippen LogP contribution < -0.4 is 4.90 Å². The molecule has 4 heteroatoms. The van der Waals surface area contributed by atoms with Crippen LogP contribution in [0, 0.1) is 0 Å². The molecule has 19 heavy (non-hydrogen) atoms. The Balaban J connectivity index is 2.14. The minimum absolute atomic E-state index is 0.0661. The van der Waals surface area contributed by atoms with Crippen molar-refractivity contribution < 1.29 is 4.79 Å². The molecule has 1 amide bonds. The molecule has 0 saturated carbocycles. The fourth-order valence-corrected chi connectivity index (χ4v) is 3.06. The van der Waals surface area contributed by atoms with E-state index in [9.17, 15) is 4.79 Å². The molecule has 2 aromatic rings. The molecule has 2 nitrogen and oxygen atoms in total. The molecule has 3 rings (SSSR count). The van der Waals surface area contributed by atoms with Crippen molar-refractivity contribution in [1.82, 2.24) is 0 Å². The lowest BCUT2D eigenvalue weighted by Gasteiger charge is -2.19. The molecular weight excluding hydrogens is 326 g/mol. The van der Waals surface area contributed by atoms with E-state index in [1.165, 1.54) is 0 Å². The number of hydrogen-bond donors (Lipinski definition) is 0. The maximum absolute atomic E-state index is 12.5. The molecule has 0 fully saturated rings. The Morgan fingerprint density at radius 2 is 1.79 bits per heavy atom. The zero-order valence-electron chi connectivity index (χ0n) is 9.86. The van der Waals surface area contributed by atoms with Crippen LogP contribution in [0.2, 0.25) is 5.02 Å². The number of anilines is 1. The molecule has 0 aliphatic carbocycles. The van der Waals surface area contributed by atoms with Crippen LogP contribution >= 0.6 is 27.5 Å². The van der Waals surface area contributed by atoms with Gasteiger partial charge in [0.1, 0.15) is 0 Å². The van der Waals surface area contributed by atoms with Gasteiger partial charge in [0.25, 0.3) is 5.91 Å². The first-order valence-electron chi connectivity index (χ1n) is 5.67. The van der Waals surface area contributed by atoms with Gasteiger partial charge >= 0.3 is 0 Å². The van der Waals surface area contributed by atoms with E-state index in [4.69, 9.17) is 11.6 Å². The Hall–Kier alpha value is -1.58. The maximum atomic E-state index is 12.5. The van der Waals surface area contributed by atoms with Crippen LogP contribution in [-0.2, 0) is 0 Å². The fourth-order valence-electron chi connectivity index (χ4n) is 2.20. The average Bonchev–Trinajstić information content (AvgIpc) is 2.64. The molecule has 0 aromatic heterocycles. The van der Waals surface area contributed by atoms with Gasteiger partial charge in [-0.05, 0) is 40.2 Å². The molecule has 1 heterocycles. The van der Waals surface area contributed by atoms with Gasteiger partial charge in [-0.3, -0.25) is 9.69 Å². The van der Waals surface area contributed by atoms with Crippen molar-refractivity contribution >= 4 is 44.8 Å². The number of carbonyl (C=O) groups excluding carboxylic acids is 1. The minimum atomic E-state index is -0.0661. The molecule has 2 aromatic carbocycles. The summed E-state index contributed by atoms with van der Waals surface area (Å²) in [6, 6.07) is 12.8. The summed E-state index contributed by atoms with van der Waals surface area (Å²) in [6.07, 6.45) is 0. The molecule has 1 aliphatic rings. The van der Waals surface area contributed by atoms with Gasteiger partial charge in [-0.1, -0.05) is 36.4 Å². The summed E-state index contributed by atoms with van der Waals surface area (Å²) in [7, 11) is 0. The second-order valence-corrected chi connectivity index (χ2v) is 5.52. The zero-order chi connectivity index (χ0) is 13.6. The van der Waals surface area contributed by atoms with Crippen molar-refractivity contribution in [2.75, 3.05) is 4.90 Å². The second kappa shape index (κ2) is 4.51. The predicted molar refractivity (Wildman–Crippen MR) is 81.4 cm³/mol. The Labute approximate surface area is 124 Å². The first kappa shape index (κ1) is 12.5. The largest absolute Gasteiger partial charge is 0.276 e. The van der Waals surface area contributed by atoms with Crippen LogP contribution in [-0.4, -0.2) is 5.91 Å². The average molecular weight is 335 g/mol. The first-order chi connectivity index (χ1) is 9.09. The summed E-state index contributed by atoms with van der Waals surface area (Å²) in [5.41, 5.74) is 2.97. The third kappa shape index (κ3) is 1.90. The third-order valence-electron chi connectivity index (χ3n) is 3.09. The molecule has 0 unspecified atom stereocenters. The van der Waals surface area contributed by atoms with Gasteiger partial charge in [-0.2, -0.15) is 0 Å². The van der Waals surface area contributed by atoms with Crippen molar-refractivity contribution in [2.45, 2.75) is 0 Å². The number of rotatable bonds is 1. The zero-order valence-corrected chi connectivity index (χ0v) is 12.2. The molecule has 0 spiro atoms. The smallest absolute Gasteiger partial charge is 0.263 e. The fraction of sp³-hybridized carbons (Fsp3) is 0. The quantitative estimate of drug-likeness (QED) is 0.738. The van der Waals surface area contributed by atoms with Crippen molar-refractivity contribution in [1.29, 1.82) is 0 Å². The van der Waals surface area contributed by atoms with E-state index in [2.05, 4.69) is 22.5 Å². The summed E-state index contributed by atoms with van der Waals surface area (Å²) >= 11 is 9.37. The summed E-state index contributed by atoms with van der Waals surface area (Å²) in [5, 5.41) is 0.616. The topological polar surface area (TPSA) is 20.3 Å². The van der Waals surface area contributed by atoms with Crippen molar-refractivity contribution in [3.8, 4) is 0 Å². The van der Waals surface area contributed by atoms with Crippen molar-refractivity contribution in [3.05, 3.63) is 69.7 Å². The molecule has 0 bridgehead atoms. The summed E-state index contributed by atoms with van der Waals surface area (Å²) in [4.78, 5) is 14.1. The molecule has 0 atom stereocenters. The maximum Gasteiger partial charge on any atom is 0.263 e. The van der Waals surface area contributed by atoms with E-state index in [-0.39, 0.29) is 5.91 Å². The molecule has 0 N–H and O–H groups in total. The highest BCUT2D eigenvalue weighted by Gasteiger charge is 2.32. The monoisotopic (exact) mass is 333 g/mol. The highest BCUT2D eigenvalue weighted by atomic mass is 79.9. The van der Waals surface area contributed by atoms with E-state index in [0.717, 1.165) is 15.7 Å². The van der Waals surface area contributed by atoms with Gasteiger partial charge in [-0.25, -0.2) is 0 Å². The van der Waals surface area contributed by atoms with Gasteiger partial charge in [0.05, 0.1) is 11.4 Å².